The third-order valence-electron chi connectivity index (χ3n) is 4.17. The van der Waals surface area contributed by atoms with E-state index in [0.717, 1.165) is 0 Å². The van der Waals surface area contributed by atoms with Crippen molar-refractivity contribution < 1.29 is 19.4 Å². The van der Waals surface area contributed by atoms with Crippen LogP contribution in [0.1, 0.15) is 37.6 Å². The summed E-state index contributed by atoms with van der Waals surface area (Å²) in [6.45, 7) is 5.76. The van der Waals surface area contributed by atoms with Crippen LogP contribution in [0.2, 0.25) is 0 Å². The van der Waals surface area contributed by atoms with Crippen LogP contribution in [0.25, 0.3) is 16.6 Å². The van der Waals surface area contributed by atoms with Crippen molar-refractivity contribution in [2.75, 3.05) is 6.61 Å². The standard InChI is InChI=1S/C19H22N4O5/c1-19(2,3)28-9-8-13(18(26)27)21-17(25)12-10-20-23-14-7-5-4-6-11(14)16(24)22-15(12)23/h4-7,10,13H,8-9H2,1-3H3,(H,21,25)(H,22,24)(H,26,27). The number of hydrogen-bond acceptors (Lipinski definition) is 5. The number of carboxylic acids is 1. The number of rotatable bonds is 6. The molecule has 0 aliphatic carbocycles. The number of aromatic nitrogens is 3. The van der Waals surface area contributed by atoms with E-state index in [-0.39, 0.29) is 29.8 Å². The first kappa shape index (κ1) is 19.6. The molecular weight excluding hydrogens is 364 g/mol. The number of nitrogens with one attached hydrogen (secondary N) is 2. The Kier molecular flexibility index (Phi) is 5.19. The lowest BCUT2D eigenvalue weighted by Gasteiger charge is -2.21. The number of benzene rings is 1. The number of aromatic amines is 1. The Hall–Kier alpha value is -3.20. The fourth-order valence-corrected chi connectivity index (χ4v) is 2.82. The second-order valence-corrected chi connectivity index (χ2v) is 7.40. The highest BCUT2D eigenvalue weighted by Crippen LogP contribution is 2.14. The summed E-state index contributed by atoms with van der Waals surface area (Å²) < 4.78 is 6.99. The lowest BCUT2D eigenvalue weighted by molar-refractivity contribution is -0.140. The van der Waals surface area contributed by atoms with Crippen molar-refractivity contribution in [3.63, 3.8) is 0 Å². The van der Waals surface area contributed by atoms with E-state index in [0.29, 0.717) is 10.9 Å². The molecule has 148 valence electrons. The molecule has 0 radical (unpaired) electrons. The molecule has 3 rings (SSSR count). The molecule has 3 N–H and O–H groups in total. The van der Waals surface area contributed by atoms with Crippen molar-refractivity contribution in [1.82, 2.24) is 19.9 Å². The minimum absolute atomic E-state index is 0.0887. The minimum Gasteiger partial charge on any atom is -0.480 e. The molecule has 0 aliphatic rings. The number of hydrogen-bond donors (Lipinski definition) is 3. The number of fused-ring (bicyclic) bond motifs is 3. The molecule has 1 atom stereocenters. The fraction of sp³-hybridized carbons (Fsp3) is 0.368. The van der Waals surface area contributed by atoms with Gasteiger partial charge in [0.1, 0.15) is 17.3 Å². The SMILES string of the molecule is CC(C)(C)OCCC(NC(=O)c1cnn2c1[nH]c(=O)c1ccccc12)C(=O)O. The summed E-state index contributed by atoms with van der Waals surface area (Å²) in [6.07, 6.45) is 1.41. The molecule has 28 heavy (non-hydrogen) atoms. The molecule has 1 unspecified atom stereocenters. The monoisotopic (exact) mass is 386 g/mol. The van der Waals surface area contributed by atoms with Gasteiger partial charge in [-0.25, -0.2) is 9.31 Å². The summed E-state index contributed by atoms with van der Waals surface area (Å²) in [6, 6.07) is 5.74. The Balaban J connectivity index is 1.86. The van der Waals surface area contributed by atoms with Gasteiger partial charge in [-0.05, 0) is 32.9 Å². The van der Waals surface area contributed by atoms with E-state index in [1.807, 2.05) is 20.8 Å². The molecule has 0 saturated heterocycles. The van der Waals surface area contributed by atoms with Gasteiger partial charge in [0.25, 0.3) is 11.5 Å². The minimum atomic E-state index is -1.17. The molecule has 1 amide bonds. The zero-order valence-electron chi connectivity index (χ0n) is 15.9. The van der Waals surface area contributed by atoms with Gasteiger partial charge in [0.2, 0.25) is 0 Å². The van der Waals surface area contributed by atoms with Crippen LogP contribution in [0.15, 0.2) is 35.3 Å². The van der Waals surface area contributed by atoms with E-state index in [2.05, 4.69) is 15.4 Å². The average molecular weight is 386 g/mol. The van der Waals surface area contributed by atoms with Gasteiger partial charge < -0.3 is 20.1 Å². The summed E-state index contributed by atoms with van der Waals surface area (Å²) in [5.74, 6) is -1.80. The van der Waals surface area contributed by atoms with Crippen molar-refractivity contribution in [1.29, 1.82) is 0 Å². The van der Waals surface area contributed by atoms with Gasteiger partial charge in [-0.2, -0.15) is 5.10 Å². The molecule has 2 heterocycles. The third-order valence-corrected chi connectivity index (χ3v) is 4.17. The largest absolute Gasteiger partial charge is 0.480 e. The van der Waals surface area contributed by atoms with Gasteiger partial charge in [0.05, 0.1) is 22.7 Å². The smallest absolute Gasteiger partial charge is 0.326 e. The van der Waals surface area contributed by atoms with Crippen LogP contribution in [0.4, 0.5) is 0 Å². The molecule has 2 aromatic heterocycles. The summed E-state index contributed by atoms with van der Waals surface area (Å²) in [5.41, 5.74) is 0.0811. The van der Waals surface area contributed by atoms with Gasteiger partial charge >= 0.3 is 5.97 Å². The number of carboxylic acid groups (broad SMARTS) is 1. The predicted octanol–water partition coefficient (Wildman–Crippen LogP) is 1.56. The molecular formula is C19H22N4O5. The molecule has 9 heteroatoms. The van der Waals surface area contributed by atoms with Crippen LogP contribution in [-0.4, -0.2) is 49.8 Å². The predicted molar refractivity (Wildman–Crippen MR) is 103 cm³/mol. The molecule has 0 aliphatic heterocycles. The van der Waals surface area contributed by atoms with Crippen LogP contribution < -0.4 is 10.9 Å². The van der Waals surface area contributed by atoms with Crippen LogP contribution >= 0.6 is 0 Å². The van der Waals surface area contributed by atoms with Crippen molar-refractivity contribution in [3.8, 4) is 0 Å². The third kappa shape index (κ3) is 4.04. The number of carbonyl (C=O) groups is 2. The molecule has 0 spiro atoms. The average Bonchev–Trinajstić information content (AvgIpc) is 3.04. The Morgan fingerprint density at radius 1 is 1.32 bits per heavy atom. The number of nitrogens with zero attached hydrogens (tertiary/aromatic N) is 2. The molecule has 3 aromatic rings. The van der Waals surface area contributed by atoms with Crippen LogP contribution in [0, 0.1) is 0 Å². The highest BCUT2D eigenvalue weighted by molar-refractivity contribution is 6.02. The summed E-state index contributed by atoms with van der Waals surface area (Å²) in [7, 11) is 0. The van der Waals surface area contributed by atoms with Crippen LogP contribution in [-0.2, 0) is 9.53 Å². The highest BCUT2D eigenvalue weighted by atomic mass is 16.5. The van der Waals surface area contributed by atoms with Crippen LogP contribution in [0.5, 0.6) is 0 Å². The lowest BCUT2D eigenvalue weighted by atomic mass is 10.1. The normalized spacial score (nSPS) is 13.0. The second-order valence-electron chi connectivity index (χ2n) is 7.40. The van der Waals surface area contributed by atoms with Crippen molar-refractivity contribution in [2.45, 2.75) is 38.8 Å². The Labute approximate surface area is 160 Å². The lowest BCUT2D eigenvalue weighted by Crippen LogP contribution is -2.42. The first-order valence-corrected chi connectivity index (χ1v) is 8.84. The number of aliphatic carboxylic acids is 1. The summed E-state index contributed by atoms with van der Waals surface area (Å²) in [5, 5.41) is 16.5. The number of para-hydroxylation sites is 1. The zero-order valence-corrected chi connectivity index (χ0v) is 15.9. The van der Waals surface area contributed by atoms with Crippen molar-refractivity contribution >= 4 is 28.4 Å². The molecule has 0 fully saturated rings. The highest BCUT2D eigenvalue weighted by Gasteiger charge is 2.24. The first-order chi connectivity index (χ1) is 13.2. The van der Waals surface area contributed by atoms with Gasteiger partial charge in [-0.3, -0.25) is 9.59 Å². The Morgan fingerprint density at radius 2 is 2.04 bits per heavy atom. The molecule has 0 bridgehead atoms. The fourth-order valence-electron chi connectivity index (χ4n) is 2.82. The van der Waals surface area contributed by atoms with E-state index >= 15 is 0 Å². The molecule has 0 saturated carbocycles. The van der Waals surface area contributed by atoms with Crippen molar-refractivity contribution in [3.05, 3.63) is 46.4 Å². The maximum absolute atomic E-state index is 12.7. The summed E-state index contributed by atoms with van der Waals surface area (Å²) in [4.78, 5) is 39.1. The number of amides is 1. The molecule has 9 nitrogen and oxygen atoms in total. The van der Waals surface area contributed by atoms with E-state index in [1.165, 1.54) is 10.7 Å². The second kappa shape index (κ2) is 7.43. The van der Waals surface area contributed by atoms with Crippen LogP contribution in [0.3, 0.4) is 0 Å². The van der Waals surface area contributed by atoms with Gasteiger partial charge in [0.15, 0.2) is 0 Å². The maximum Gasteiger partial charge on any atom is 0.326 e. The van der Waals surface area contributed by atoms with E-state index in [4.69, 9.17) is 4.74 Å². The number of ether oxygens (including phenoxy) is 1. The van der Waals surface area contributed by atoms with E-state index in [9.17, 15) is 19.5 Å². The van der Waals surface area contributed by atoms with E-state index < -0.39 is 23.5 Å². The number of H-pyrrole nitrogens is 1. The first-order valence-electron chi connectivity index (χ1n) is 8.84. The topological polar surface area (TPSA) is 126 Å². The van der Waals surface area contributed by atoms with Crippen molar-refractivity contribution in [2.24, 2.45) is 0 Å². The quantitative estimate of drug-likeness (QED) is 0.590. The maximum atomic E-state index is 12.7. The van der Waals surface area contributed by atoms with Gasteiger partial charge in [-0.15, -0.1) is 0 Å². The van der Waals surface area contributed by atoms with Gasteiger partial charge in [0, 0.05) is 13.0 Å². The number of carbonyl (C=O) groups excluding carboxylic acids is 1. The Bertz CT molecular complexity index is 1090. The van der Waals surface area contributed by atoms with Gasteiger partial charge in [-0.1, -0.05) is 12.1 Å². The zero-order chi connectivity index (χ0) is 20.5. The Morgan fingerprint density at radius 3 is 2.71 bits per heavy atom. The molecule has 1 aromatic carbocycles. The van der Waals surface area contributed by atoms with E-state index in [1.54, 1.807) is 24.3 Å². The summed E-state index contributed by atoms with van der Waals surface area (Å²) >= 11 is 0.